The third kappa shape index (κ3) is 2.79. The van der Waals surface area contributed by atoms with Crippen molar-refractivity contribution >= 4 is 5.91 Å². The van der Waals surface area contributed by atoms with Gasteiger partial charge in [-0.05, 0) is 29.8 Å². The molecular weight excluding hydrogens is 307 g/mol. The van der Waals surface area contributed by atoms with Gasteiger partial charge in [0.1, 0.15) is 5.82 Å². The average molecular weight is 326 g/mol. The fourth-order valence-electron chi connectivity index (χ4n) is 3.44. The summed E-state index contributed by atoms with van der Waals surface area (Å²) in [4.78, 5) is 19.0. The minimum Gasteiger partial charge on any atom is -0.341 e. The fraction of sp³-hybridized carbons (Fsp3) is 0.333. The third-order valence-corrected chi connectivity index (χ3v) is 4.81. The molecule has 2 atom stereocenters. The first-order chi connectivity index (χ1) is 11.7. The van der Waals surface area contributed by atoms with Gasteiger partial charge < -0.3 is 4.90 Å². The average Bonchev–Trinajstić information content (AvgIpc) is 3.04. The van der Waals surface area contributed by atoms with Gasteiger partial charge in [-0.3, -0.25) is 15.2 Å². The molecule has 24 heavy (non-hydrogen) atoms. The molecule has 124 valence electrons. The smallest absolute Gasteiger partial charge is 0.229 e. The Morgan fingerprint density at radius 2 is 2.08 bits per heavy atom. The maximum Gasteiger partial charge on any atom is 0.229 e. The van der Waals surface area contributed by atoms with Gasteiger partial charge in [-0.2, -0.15) is 0 Å². The van der Waals surface area contributed by atoms with Crippen LogP contribution in [0.5, 0.6) is 0 Å². The zero-order valence-corrected chi connectivity index (χ0v) is 13.2. The number of hydrogen-bond acceptors (Lipinski definition) is 4. The minimum absolute atomic E-state index is 0.106. The van der Waals surface area contributed by atoms with E-state index in [1.807, 2.05) is 29.2 Å². The highest BCUT2D eigenvalue weighted by atomic mass is 19.1. The molecule has 2 aliphatic rings. The van der Waals surface area contributed by atoms with Gasteiger partial charge in [-0.25, -0.2) is 9.82 Å². The number of carbonyl (C=O) groups is 1. The molecule has 2 saturated heterocycles. The number of hydrazine groups is 1. The van der Waals surface area contributed by atoms with E-state index in [2.05, 4.69) is 15.8 Å². The number of nitrogens with zero attached hydrogens (tertiary/aromatic N) is 2. The predicted octanol–water partition coefficient (Wildman–Crippen LogP) is 1.61. The summed E-state index contributed by atoms with van der Waals surface area (Å²) in [6.45, 7) is 1.94. The molecule has 0 aliphatic carbocycles. The standard InChI is InChI=1S/C18H19FN4O/c19-14-5-3-4-12(8-14)17-15(9-21-22-17)18(24)23-10-13(11-23)16-6-1-2-7-20-16/h1-8,13,15,17,21-22H,9-11H2. The van der Waals surface area contributed by atoms with Crippen molar-refractivity contribution in [1.29, 1.82) is 0 Å². The van der Waals surface area contributed by atoms with Crippen LogP contribution in [0.3, 0.4) is 0 Å². The lowest BCUT2D eigenvalue weighted by Crippen LogP contribution is -2.52. The van der Waals surface area contributed by atoms with Crippen LogP contribution in [0.25, 0.3) is 0 Å². The molecule has 1 amide bonds. The molecule has 3 heterocycles. The molecule has 5 nitrogen and oxygen atoms in total. The second kappa shape index (κ2) is 6.30. The first-order valence-electron chi connectivity index (χ1n) is 8.16. The Balaban J connectivity index is 1.43. The summed E-state index contributed by atoms with van der Waals surface area (Å²) >= 11 is 0. The number of carbonyl (C=O) groups excluding carboxylic acids is 1. The number of amides is 1. The first kappa shape index (κ1) is 15.2. The summed E-state index contributed by atoms with van der Waals surface area (Å²) in [6.07, 6.45) is 1.78. The van der Waals surface area contributed by atoms with Gasteiger partial charge in [0.05, 0.1) is 12.0 Å². The summed E-state index contributed by atoms with van der Waals surface area (Å²) in [6, 6.07) is 12.1. The van der Waals surface area contributed by atoms with Crippen LogP contribution in [-0.2, 0) is 4.79 Å². The molecule has 0 bridgehead atoms. The molecule has 4 rings (SSSR count). The van der Waals surface area contributed by atoms with Crippen LogP contribution in [0.2, 0.25) is 0 Å². The SMILES string of the molecule is O=C(C1CNNC1c1cccc(F)c1)N1CC(c2ccccn2)C1. The number of benzene rings is 1. The van der Waals surface area contributed by atoms with Crippen molar-refractivity contribution in [1.82, 2.24) is 20.7 Å². The van der Waals surface area contributed by atoms with Gasteiger partial charge >= 0.3 is 0 Å². The molecule has 6 heteroatoms. The number of aromatic nitrogens is 1. The van der Waals surface area contributed by atoms with E-state index in [1.165, 1.54) is 12.1 Å². The molecule has 1 aromatic heterocycles. The maximum atomic E-state index is 13.5. The second-order valence-corrected chi connectivity index (χ2v) is 6.36. The van der Waals surface area contributed by atoms with Crippen molar-refractivity contribution < 1.29 is 9.18 Å². The van der Waals surface area contributed by atoms with Gasteiger partial charge in [-0.1, -0.05) is 18.2 Å². The van der Waals surface area contributed by atoms with Crippen molar-refractivity contribution in [3.8, 4) is 0 Å². The van der Waals surface area contributed by atoms with E-state index in [1.54, 1.807) is 12.3 Å². The van der Waals surface area contributed by atoms with Gasteiger partial charge in [-0.15, -0.1) is 0 Å². The minimum atomic E-state index is -0.286. The van der Waals surface area contributed by atoms with E-state index in [0.717, 1.165) is 11.3 Å². The Hall–Kier alpha value is -2.31. The Kier molecular flexibility index (Phi) is 4.00. The van der Waals surface area contributed by atoms with Crippen LogP contribution in [-0.4, -0.2) is 35.4 Å². The van der Waals surface area contributed by atoms with Crippen molar-refractivity contribution in [2.24, 2.45) is 5.92 Å². The van der Waals surface area contributed by atoms with Crippen LogP contribution in [0.4, 0.5) is 4.39 Å². The van der Waals surface area contributed by atoms with Crippen LogP contribution in [0.1, 0.15) is 23.2 Å². The van der Waals surface area contributed by atoms with Gasteiger partial charge in [0.2, 0.25) is 5.91 Å². The highest BCUT2D eigenvalue weighted by Crippen LogP contribution is 2.32. The largest absolute Gasteiger partial charge is 0.341 e. The molecule has 0 radical (unpaired) electrons. The summed E-state index contributed by atoms with van der Waals surface area (Å²) in [5.74, 6) is -0.0953. The molecule has 0 spiro atoms. The molecular formula is C18H19FN4O. The molecule has 0 saturated carbocycles. The van der Waals surface area contributed by atoms with Crippen LogP contribution < -0.4 is 10.9 Å². The highest BCUT2D eigenvalue weighted by Gasteiger charge is 2.41. The third-order valence-electron chi connectivity index (χ3n) is 4.81. The topological polar surface area (TPSA) is 57.3 Å². The number of pyridine rings is 1. The Morgan fingerprint density at radius 3 is 2.83 bits per heavy atom. The van der Waals surface area contributed by atoms with Crippen LogP contribution >= 0.6 is 0 Å². The van der Waals surface area contributed by atoms with Crippen LogP contribution in [0, 0.1) is 11.7 Å². The Bertz CT molecular complexity index is 733. The van der Waals surface area contributed by atoms with Crippen molar-refractivity contribution in [3.05, 3.63) is 65.7 Å². The lowest BCUT2D eigenvalue weighted by Gasteiger charge is -2.40. The van der Waals surface area contributed by atoms with Gasteiger partial charge in [0.15, 0.2) is 0 Å². The Labute approximate surface area is 139 Å². The predicted molar refractivity (Wildman–Crippen MR) is 87.3 cm³/mol. The second-order valence-electron chi connectivity index (χ2n) is 6.36. The maximum absolute atomic E-state index is 13.5. The van der Waals surface area contributed by atoms with Gasteiger partial charge in [0.25, 0.3) is 0 Å². The first-order valence-corrected chi connectivity index (χ1v) is 8.16. The van der Waals surface area contributed by atoms with E-state index in [0.29, 0.717) is 25.6 Å². The highest BCUT2D eigenvalue weighted by molar-refractivity contribution is 5.81. The molecule has 2 unspecified atom stereocenters. The quantitative estimate of drug-likeness (QED) is 0.900. The lowest BCUT2D eigenvalue weighted by atomic mass is 9.89. The van der Waals surface area contributed by atoms with Crippen molar-refractivity contribution in [2.75, 3.05) is 19.6 Å². The van der Waals surface area contributed by atoms with Gasteiger partial charge in [0, 0.05) is 37.4 Å². The van der Waals surface area contributed by atoms with Crippen molar-refractivity contribution in [2.45, 2.75) is 12.0 Å². The zero-order valence-electron chi connectivity index (χ0n) is 13.2. The Morgan fingerprint density at radius 1 is 1.21 bits per heavy atom. The lowest BCUT2D eigenvalue weighted by molar-refractivity contribution is -0.140. The number of rotatable bonds is 3. The zero-order chi connectivity index (χ0) is 16.5. The molecule has 2 aliphatic heterocycles. The number of likely N-dealkylation sites (tertiary alicyclic amines) is 1. The number of hydrogen-bond donors (Lipinski definition) is 2. The summed E-state index contributed by atoms with van der Waals surface area (Å²) in [7, 11) is 0. The van der Waals surface area contributed by atoms with E-state index in [4.69, 9.17) is 0 Å². The summed E-state index contributed by atoms with van der Waals surface area (Å²) in [5, 5.41) is 0. The molecule has 2 aromatic rings. The summed E-state index contributed by atoms with van der Waals surface area (Å²) < 4.78 is 13.5. The van der Waals surface area contributed by atoms with E-state index in [9.17, 15) is 9.18 Å². The molecule has 2 N–H and O–H groups in total. The van der Waals surface area contributed by atoms with E-state index in [-0.39, 0.29) is 23.7 Å². The molecule has 1 aromatic carbocycles. The fourth-order valence-corrected chi connectivity index (χ4v) is 3.44. The monoisotopic (exact) mass is 326 g/mol. The summed E-state index contributed by atoms with van der Waals surface area (Å²) in [5.41, 5.74) is 7.96. The van der Waals surface area contributed by atoms with Crippen LogP contribution in [0.15, 0.2) is 48.7 Å². The normalized spacial score (nSPS) is 24.0. The van der Waals surface area contributed by atoms with E-state index < -0.39 is 0 Å². The number of halogens is 1. The van der Waals surface area contributed by atoms with E-state index >= 15 is 0 Å². The number of nitrogens with one attached hydrogen (secondary N) is 2. The van der Waals surface area contributed by atoms with Crippen molar-refractivity contribution in [3.63, 3.8) is 0 Å². The molecule has 2 fully saturated rings.